The summed E-state index contributed by atoms with van der Waals surface area (Å²) < 4.78 is 0. The lowest BCUT2D eigenvalue weighted by Crippen LogP contribution is -2.34. The summed E-state index contributed by atoms with van der Waals surface area (Å²) in [5.74, 6) is 0.373. The summed E-state index contributed by atoms with van der Waals surface area (Å²) in [5, 5.41) is 0. The first-order chi connectivity index (χ1) is 13.6. The second-order valence-corrected chi connectivity index (χ2v) is 7.84. The maximum absolute atomic E-state index is 13.6. The van der Waals surface area contributed by atoms with Crippen LogP contribution in [0.3, 0.4) is 0 Å². The van der Waals surface area contributed by atoms with Crippen LogP contribution in [0.2, 0.25) is 0 Å². The molecule has 4 rings (SSSR count). The zero-order valence-corrected chi connectivity index (χ0v) is 16.8. The predicted molar refractivity (Wildman–Crippen MR) is 113 cm³/mol. The molecule has 0 fully saturated rings. The number of carbonyl (C=O) groups excluding carboxylic acids is 1. The summed E-state index contributed by atoms with van der Waals surface area (Å²) in [7, 11) is 2.01. The number of nitrogens with zero attached hydrogens (tertiary/aromatic N) is 3. The lowest BCUT2D eigenvalue weighted by molar-refractivity contribution is -0.129. The molecule has 0 saturated carbocycles. The molecule has 1 atom stereocenters. The normalized spacial score (nSPS) is 19.8. The molecule has 2 aliphatic heterocycles. The van der Waals surface area contributed by atoms with Crippen LogP contribution in [0.4, 0.5) is 0 Å². The first-order valence-corrected chi connectivity index (χ1v) is 9.97. The molecule has 0 aliphatic carbocycles. The third kappa shape index (κ3) is 3.24. The van der Waals surface area contributed by atoms with Crippen molar-refractivity contribution < 1.29 is 4.79 Å². The molecule has 0 aromatic heterocycles. The Bertz CT molecular complexity index is 915. The van der Waals surface area contributed by atoms with Crippen LogP contribution in [-0.4, -0.2) is 41.6 Å². The van der Waals surface area contributed by atoms with E-state index in [1.165, 1.54) is 0 Å². The molecule has 2 aromatic carbocycles. The van der Waals surface area contributed by atoms with Gasteiger partial charge >= 0.3 is 0 Å². The van der Waals surface area contributed by atoms with Gasteiger partial charge in [-0.15, -0.1) is 0 Å². The maximum Gasteiger partial charge on any atom is 0.271 e. The number of benzene rings is 2. The van der Waals surface area contributed by atoms with E-state index in [0.29, 0.717) is 6.54 Å². The van der Waals surface area contributed by atoms with Gasteiger partial charge in [0.15, 0.2) is 0 Å². The molecule has 4 nitrogen and oxygen atoms in total. The zero-order valence-electron chi connectivity index (χ0n) is 16.8. The standard InChI is InChI=1S/C24H27N3O/c1-17(2)21-20-22(19-12-8-5-9-13-19)27(16-18-10-6-4-7-11-18)24(28)23(20)26(3)15-14-25-21/h4-13,17,22H,14-16H2,1-3H3. The number of hydrogen-bond acceptors (Lipinski definition) is 3. The number of aliphatic imine (C=N–C) groups is 1. The second kappa shape index (κ2) is 7.63. The van der Waals surface area contributed by atoms with E-state index >= 15 is 0 Å². The summed E-state index contributed by atoms with van der Waals surface area (Å²) in [6, 6.07) is 20.5. The Kier molecular flexibility index (Phi) is 5.03. The quantitative estimate of drug-likeness (QED) is 0.810. The van der Waals surface area contributed by atoms with Crippen LogP contribution in [0.15, 0.2) is 76.9 Å². The Hall–Kier alpha value is -2.88. The minimum atomic E-state index is -0.106. The molecule has 1 amide bonds. The SMILES string of the molecule is CC(C)C1=NCCN(C)C2=C1C(c1ccccc1)N(Cc1ccccc1)C2=O. The van der Waals surface area contributed by atoms with Gasteiger partial charge in [-0.05, 0) is 17.0 Å². The van der Waals surface area contributed by atoms with Crippen LogP contribution >= 0.6 is 0 Å². The molecule has 0 bridgehead atoms. The molecule has 0 saturated heterocycles. The van der Waals surface area contributed by atoms with Gasteiger partial charge < -0.3 is 9.80 Å². The van der Waals surface area contributed by atoms with Crippen molar-refractivity contribution in [2.24, 2.45) is 10.9 Å². The van der Waals surface area contributed by atoms with Gasteiger partial charge in [-0.2, -0.15) is 0 Å². The molecule has 2 heterocycles. The van der Waals surface area contributed by atoms with E-state index in [1.807, 2.05) is 48.3 Å². The van der Waals surface area contributed by atoms with Crippen LogP contribution in [0.5, 0.6) is 0 Å². The first-order valence-electron chi connectivity index (χ1n) is 9.97. The van der Waals surface area contributed by atoms with Crippen molar-refractivity contribution in [3.63, 3.8) is 0 Å². The van der Waals surface area contributed by atoms with Crippen molar-refractivity contribution in [3.8, 4) is 0 Å². The Labute approximate surface area is 167 Å². The first kappa shape index (κ1) is 18.5. The molecule has 1 unspecified atom stereocenters. The maximum atomic E-state index is 13.6. The minimum Gasteiger partial charge on any atom is -0.368 e. The monoisotopic (exact) mass is 373 g/mol. The van der Waals surface area contributed by atoms with Crippen LogP contribution in [0.25, 0.3) is 0 Å². The largest absolute Gasteiger partial charge is 0.368 e. The minimum absolute atomic E-state index is 0.102. The number of rotatable bonds is 4. The molecular formula is C24H27N3O. The highest BCUT2D eigenvalue weighted by molar-refractivity contribution is 6.13. The highest BCUT2D eigenvalue weighted by atomic mass is 16.2. The number of amides is 1. The van der Waals surface area contributed by atoms with E-state index < -0.39 is 0 Å². The van der Waals surface area contributed by atoms with E-state index in [0.717, 1.165) is 41.2 Å². The van der Waals surface area contributed by atoms with Crippen LogP contribution < -0.4 is 0 Å². The van der Waals surface area contributed by atoms with Gasteiger partial charge in [-0.3, -0.25) is 9.79 Å². The van der Waals surface area contributed by atoms with Crippen molar-refractivity contribution in [2.75, 3.05) is 20.1 Å². The smallest absolute Gasteiger partial charge is 0.271 e. The fourth-order valence-electron chi connectivity index (χ4n) is 4.22. The Morgan fingerprint density at radius 1 is 1.04 bits per heavy atom. The third-order valence-corrected chi connectivity index (χ3v) is 5.54. The fourth-order valence-corrected chi connectivity index (χ4v) is 4.22. The molecule has 28 heavy (non-hydrogen) atoms. The second-order valence-electron chi connectivity index (χ2n) is 7.84. The van der Waals surface area contributed by atoms with E-state index in [-0.39, 0.29) is 17.9 Å². The number of carbonyl (C=O) groups is 1. The van der Waals surface area contributed by atoms with Crippen LogP contribution in [0.1, 0.15) is 31.0 Å². The summed E-state index contributed by atoms with van der Waals surface area (Å²) in [5.41, 5.74) is 5.24. The lowest BCUT2D eigenvalue weighted by atomic mass is 9.90. The van der Waals surface area contributed by atoms with Gasteiger partial charge in [0, 0.05) is 31.4 Å². The molecule has 2 aromatic rings. The highest BCUT2D eigenvalue weighted by Crippen LogP contribution is 2.42. The predicted octanol–water partition coefficient (Wildman–Crippen LogP) is 4.07. The number of likely N-dealkylation sites (N-methyl/N-ethyl adjacent to an activating group) is 1. The summed E-state index contributed by atoms with van der Waals surface area (Å²) in [4.78, 5) is 22.6. The summed E-state index contributed by atoms with van der Waals surface area (Å²) in [6.07, 6.45) is 0. The van der Waals surface area contributed by atoms with Crippen LogP contribution in [0, 0.1) is 5.92 Å². The fraction of sp³-hybridized carbons (Fsp3) is 0.333. The molecule has 0 N–H and O–H groups in total. The van der Waals surface area contributed by atoms with Gasteiger partial charge in [-0.25, -0.2) is 0 Å². The van der Waals surface area contributed by atoms with Gasteiger partial charge in [0.05, 0.1) is 12.6 Å². The van der Waals surface area contributed by atoms with E-state index in [1.54, 1.807) is 0 Å². The van der Waals surface area contributed by atoms with E-state index in [2.05, 4.69) is 43.0 Å². The van der Waals surface area contributed by atoms with Crippen molar-refractivity contribution >= 4 is 11.6 Å². The average Bonchev–Trinajstić information content (AvgIpc) is 2.86. The third-order valence-electron chi connectivity index (χ3n) is 5.54. The topological polar surface area (TPSA) is 35.9 Å². The van der Waals surface area contributed by atoms with Gasteiger partial charge in [-0.1, -0.05) is 74.5 Å². The van der Waals surface area contributed by atoms with Crippen molar-refractivity contribution in [3.05, 3.63) is 83.1 Å². The van der Waals surface area contributed by atoms with Crippen molar-refractivity contribution in [1.82, 2.24) is 9.80 Å². The van der Waals surface area contributed by atoms with E-state index in [9.17, 15) is 4.79 Å². The molecule has 144 valence electrons. The lowest BCUT2D eigenvalue weighted by Gasteiger charge is -2.29. The Morgan fingerprint density at radius 2 is 1.68 bits per heavy atom. The molecule has 4 heteroatoms. The average molecular weight is 374 g/mol. The summed E-state index contributed by atoms with van der Waals surface area (Å²) >= 11 is 0. The van der Waals surface area contributed by atoms with Crippen LogP contribution in [-0.2, 0) is 11.3 Å². The number of hydrogen-bond donors (Lipinski definition) is 0. The van der Waals surface area contributed by atoms with E-state index in [4.69, 9.17) is 4.99 Å². The highest BCUT2D eigenvalue weighted by Gasteiger charge is 2.44. The Morgan fingerprint density at radius 3 is 2.32 bits per heavy atom. The van der Waals surface area contributed by atoms with Gasteiger partial charge in [0.25, 0.3) is 5.91 Å². The molecule has 0 spiro atoms. The van der Waals surface area contributed by atoms with Gasteiger partial charge in [0.1, 0.15) is 5.70 Å². The molecular weight excluding hydrogens is 346 g/mol. The zero-order chi connectivity index (χ0) is 19.7. The van der Waals surface area contributed by atoms with Crippen molar-refractivity contribution in [2.45, 2.75) is 26.4 Å². The Balaban J connectivity index is 1.86. The molecule has 2 aliphatic rings. The molecule has 0 radical (unpaired) electrons. The van der Waals surface area contributed by atoms with Crippen molar-refractivity contribution in [1.29, 1.82) is 0 Å². The summed E-state index contributed by atoms with van der Waals surface area (Å²) in [6.45, 7) is 6.42. The van der Waals surface area contributed by atoms with Gasteiger partial charge in [0.2, 0.25) is 0 Å².